The van der Waals surface area contributed by atoms with E-state index in [9.17, 15) is 0 Å². The molecular formula is C16H27NO. The fourth-order valence-corrected chi connectivity index (χ4v) is 1.98. The molecule has 0 saturated carbocycles. The van der Waals surface area contributed by atoms with E-state index in [1.54, 1.807) is 0 Å². The molecule has 0 heterocycles. The molecule has 1 aromatic rings. The topological polar surface area (TPSA) is 21.3 Å². The summed E-state index contributed by atoms with van der Waals surface area (Å²) in [4.78, 5) is 0. The van der Waals surface area contributed by atoms with E-state index in [0.717, 1.165) is 32.6 Å². The van der Waals surface area contributed by atoms with Crippen molar-refractivity contribution < 1.29 is 4.74 Å². The maximum absolute atomic E-state index is 5.56. The lowest BCUT2D eigenvalue weighted by atomic mass is 10.0. The summed E-state index contributed by atoms with van der Waals surface area (Å²) in [7, 11) is 0. The van der Waals surface area contributed by atoms with Gasteiger partial charge in [0.25, 0.3) is 0 Å². The van der Waals surface area contributed by atoms with Crippen LogP contribution >= 0.6 is 0 Å². The van der Waals surface area contributed by atoms with Gasteiger partial charge >= 0.3 is 0 Å². The van der Waals surface area contributed by atoms with Crippen molar-refractivity contribution >= 4 is 0 Å². The predicted octanol–water partition coefficient (Wildman–Crippen LogP) is 3.93. The predicted molar refractivity (Wildman–Crippen MR) is 77.8 cm³/mol. The number of ether oxygens (including phenoxy) is 1. The zero-order valence-electron chi connectivity index (χ0n) is 11.8. The maximum atomic E-state index is 5.56. The van der Waals surface area contributed by atoms with Gasteiger partial charge in [-0.3, -0.25) is 0 Å². The van der Waals surface area contributed by atoms with Crippen molar-refractivity contribution in [2.24, 2.45) is 0 Å². The van der Waals surface area contributed by atoms with Gasteiger partial charge in [-0.2, -0.15) is 0 Å². The van der Waals surface area contributed by atoms with Crippen LogP contribution < -0.4 is 5.32 Å². The number of hydrogen-bond donors (Lipinski definition) is 1. The molecule has 0 amide bonds. The second kappa shape index (κ2) is 10.1. The molecule has 1 aromatic carbocycles. The highest BCUT2D eigenvalue weighted by Gasteiger charge is 2.06. The first-order valence-electron chi connectivity index (χ1n) is 7.24. The molecule has 0 aliphatic carbocycles. The minimum atomic E-state index is 0.474. The summed E-state index contributed by atoms with van der Waals surface area (Å²) in [5.41, 5.74) is 1.38. The molecule has 0 spiro atoms. The molecule has 0 aromatic heterocycles. The van der Waals surface area contributed by atoms with E-state index in [-0.39, 0.29) is 0 Å². The van der Waals surface area contributed by atoms with Gasteiger partial charge in [-0.15, -0.1) is 0 Å². The van der Waals surface area contributed by atoms with Gasteiger partial charge in [0.15, 0.2) is 0 Å². The van der Waals surface area contributed by atoms with Crippen molar-refractivity contribution in [2.75, 3.05) is 19.8 Å². The number of hydrogen-bond acceptors (Lipinski definition) is 2. The van der Waals surface area contributed by atoms with Gasteiger partial charge in [-0.05, 0) is 31.4 Å². The van der Waals surface area contributed by atoms with E-state index in [2.05, 4.69) is 49.5 Å². The molecule has 1 N–H and O–H groups in total. The molecule has 1 unspecified atom stereocenters. The van der Waals surface area contributed by atoms with Crippen LogP contribution in [0.4, 0.5) is 0 Å². The first-order chi connectivity index (χ1) is 8.88. The Morgan fingerprint density at radius 3 is 2.44 bits per heavy atom. The summed E-state index contributed by atoms with van der Waals surface area (Å²) in [6, 6.07) is 11.1. The third-order valence-electron chi connectivity index (χ3n) is 3.11. The first-order valence-corrected chi connectivity index (χ1v) is 7.24. The van der Waals surface area contributed by atoms with Gasteiger partial charge in [-0.25, -0.2) is 0 Å². The monoisotopic (exact) mass is 249 g/mol. The van der Waals surface area contributed by atoms with Crippen LogP contribution in [0.1, 0.15) is 51.1 Å². The van der Waals surface area contributed by atoms with Gasteiger partial charge in [0.05, 0.1) is 0 Å². The molecule has 1 atom stereocenters. The zero-order valence-corrected chi connectivity index (χ0v) is 11.8. The van der Waals surface area contributed by atoms with Crippen molar-refractivity contribution in [3.63, 3.8) is 0 Å². The van der Waals surface area contributed by atoms with Gasteiger partial charge in [0.1, 0.15) is 0 Å². The first kappa shape index (κ1) is 15.2. The molecule has 18 heavy (non-hydrogen) atoms. The van der Waals surface area contributed by atoms with Crippen molar-refractivity contribution in [1.29, 1.82) is 0 Å². The Morgan fingerprint density at radius 2 is 1.78 bits per heavy atom. The maximum Gasteiger partial charge on any atom is 0.0478 e. The largest absolute Gasteiger partial charge is 0.381 e. The molecule has 0 aliphatic rings. The lowest BCUT2D eigenvalue weighted by Gasteiger charge is -2.17. The zero-order chi connectivity index (χ0) is 13.1. The highest BCUT2D eigenvalue weighted by molar-refractivity contribution is 5.18. The second-order valence-corrected chi connectivity index (χ2v) is 4.65. The van der Waals surface area contributed by atoms with Gasteiger partial charge < -0.3 is 10.1 Å². The van der Waals surface area contributed by atoms with E-state index in [1.807, 2.05) is 0 Å². The third-order valence-corrected chi connectivity index (χ3v) is 3.11. The molecule has 1 rings (SSSR count). The highest BCUT2D eigenvalue weighted by atomic mass is 16.5. The Balaban J connectivity index is 2.13. The average molecular weight is 249 g/mol. The minimum absolute atomic E-state index is 0.474. The SMILES string of the molecule is CCCCOCCCNC(CC)c1ccccc1. The van der Waals surface area contributed by atoms with E-state index in [0.29, 0.717) is 6.04 Å². The number of benzene rings is 1. The van der Waals surface area contributed by atoms with Crippen LogP contribution in [0.2, 0.25) is 0 Å². The molecule has 2 heteroatoms. The summed E-state index contributed by atoms with van der Waals surface area (Å²) in [5.74, 6) is 0. The Morgan fingerprint density at radius 1 is 1.06 bits per heavy atom. The quantitative estimate of drug-likeness (QED) is 0.634. The second-order valence-electron chi connectivity index (χ2n) is 4.65. The lowest BCUT2D eigenvalue weighted by Crippen LogP contribution is -2.22. The Labute approximate surface area is 112 Å². The van der Waals surface area contributed by atoms with Crippen LogP contribution in [0, 0.1) is 0 Å². The van der Waals surface area contributed by atoms with E-state index in [4.69, 9.17) is 4.74 Å². The molecule has 0 fully saturated rings. The number of rotatable bonds is 10. The Hall–Kier alpha value is -0.860. The smallest absolute Gasteiger partial charge is 0.0478 e. The summed E-state index contributed by atoms with van der Waals surface area (Å²) in [6.07, 6.45) is 4.60. The standard InChI is InChI=1S/C16H27NO/c1-3-5-13-18-14-9-12-17-16(4-2)15-10-7-6-8-11-15/h6-8,10-11,16-17H,3-5,9,12-14H2,1-2H3. The fourth-order valence-electron chi connectivity index (χ4n) is 1.98. The molecule has 0 bridgehead atoms. The summed E-state index contributed by atoms with van der Waals surface area (Å²) in [6.45, 7) is 7.23. The molecule has 2 nitrogen and oxygen atoms in total. The van der Waals surface area contributed by atoms with E-state index < -0.39 is 0 Å². The van der Waals surface area contributed by atoms with Crippen molar-refractivity contribution in [2.45, 2.75) is 45.6 Å². The van der Waals surface area contributed by atoms with Crippen molar-refractivity contribution in [3.05, 3.63) is 35.9 Å². The van der Waals surface area contributed by atoms with Gasteiger partial charge in [0.2, 0.25) is 0 Å². The Kier molecular flexibility index (Phi) is 8.53. The molecular weight excluding hydrogens is 222 g/mol. The number of unbranched alkanes of at least 4 members (excludes halogenated alkanes) is 1. The molecule has 0 saturated heterocycles. The summed E-state index contributed by atoms with van der Waals surface area (Å²) >= 11 is 0. The van der Waals surface area contributed by atoms with E-state index in [1.165, 1.54) is 18.4 Å². The fraction of sp³-hybridized carbons (Fsp3) is 0.625. The lowest BCUT2D eigenvalue weighted by molar-refractivity contribution is 0.128. The van der Waals surface area contributed by atoms with Crippen molar-refractivity contribution in [1.82, 2.24) is 5.32 Å². The third kappa shape index (κ3) is 6.18. The minimum Gasteiger partial charge on any atom is -0.381 e. The van der Waals surface area contributed by atoms with Gasteiger partial charge in [-0.1, -0.05) is 50.6 Å². The van der Waals surface area contributed by atoms with Crippen LogP contribution in [-0.4, -0.2) is 19.8 Å². The van der Waals surface area contributed by atoms with Crippen LogP contribution in [0.15, 0.2) is 30.3 Å². The normalized spacial score (nSPS) is 12.6. The number of nitrogens with one attached hydrogen (secondary N) is 1. The Bertz CT molecular complexity index is 286. The summed E-state index contributed by atoms with van der Waals surface area (Å²) in [5, 5.41) is 3.60. The molecule has 102 valence electrons. The molecule has 0 radical (unpaired) electrons. The average Bonchev–Trinajstić information content (AvgIpc) is 2.43. The summed E-state index contributed by atoms with van der Waals surface area (Å²) < 4.78 is 5.56. The van der Waals surface area contributed by atoms with Crippen LogP contribution in [0.25, 0.3) is 0 Å². The van der Waals surface area contributed by atoms with E-state index >= 15 is 0 Å². The van der Waals surface area contributed by atoms with Gasteiger partial charge in [0, 0.05) is 19.3 Å². The van der Waals surface area contributed by atoms with Crippen molar-refractivity contribution in [3.8, 4) is 0 Å². The van der Waals surface area contributed by atoms with Crippen LogP contribution in [0.3, 0.4) is 0 Å². The van der Waals surface area contributed by atoms with Crippen LogP contribution in [0.5, 0.6) is 0 Å². The highest BCUT2D eigenvalue weighted by Crippen LogP contribution is 2.15. The molecule has 0 aliphatic heterocycles. The van der Waals surface area contributed by atoms with Crippen LogP contribution in [-0.2, 0) is 4.74 Å².